The average molecular weight is 286 g/mol. The largest absolute Gasteiger partial charge is 0.395 e. The molecule has 1 rings (SSSR count). The monoisotopic (exact) mass is 285 g/mol. The summed E-state index contributed by atoms with van der Waals surface area (Å²) in [6, 6.07) is 6.89. The van der Waals surface area contributed by atoms with E-state index in [1.807, 2.05) is 4.90 Å². The summed E-state index contributed by atoms with van der Waals surface area (Å²) in [6.45, 7) is 2.56. The Labute approximate surface area is 118 Å². The zero-order valence-electron chi connectivity index (χ0n) is 11.1. The number of carbonyl (C=O) groups excluding carboxylic acids is 1. The van der Waals surface area contributed by atoms with Crippen molar-refractivity contribution in [3.63, 3.8) is 0 Å². The van der Waals surface area contributed by atoms with E-state index in [1.54, 1.807) is 31.4 Å². The van der Waals surface area contributed by atoms with Gasteiger partial charge in [0.2, 0.25) is 0 Å². The molecule has 0 heterocycles. The average Bonchev–Trinajstić information content (AvgIpc) is 2.42. The number of rotatable bonds is 9. The molecule has 19 heavy (non-hydrogen) atoms. The highest BCUT2D eigenvalue weighted by atomic mass is 35.5. The van der Waals surface area contributed by atoms with Gasteiger partial charge in [-0.3, -0.25) is 9.69 Å². The quantitative estimate of drug-likeness (QED) is 0.704. The molecule has 5 heteroatoms. The fraction of sp³-hybridized carbons (Fsp3) is 0.500. The lowest BCUT2D eigenvalue weighted by Gasteiger charge is -2.20. The molecular weight excluding hydrogens is 266 g/mol. The van der Waals surface area contributed by atoms with Gasteiger partial charge >= 0.3 is 0 Å². The number of hydrogen-bond acceptors (Lipinski definition) is 4. The Kier molecular flexibility index (Phi) is 7.67. The van der Waals surface area contributed by atoms with E-state index in [0.29, 0.717) is 43.2 Å². The molecule has 0 aliphatic carbocycles. The Bertz CT molecular complexity index is 381. The summed E-state index contributed by atoms with van der Waals surface area (Å²) in [4.78, 5) is 14.0. The van der Waals surface area contributed by atoms with Crippen molar-refractivity contribution in [1.29, 1.82) is 0 Å². The zero-order valence-corrected chi connectivity index (χ0v) is 11.9. The Morgan fingerprint density at radius 1 is 1.26 bits per heavy atom. The van der Waals surface area contributed by atoms with E-state index >= 15 is 0 Å². The number of benzene rings is 1. The minimum absolute atomic E-state index is 0.0806. The molecule has 4 nitrogen and oxygen atoms in total. The van der Waals surface area contributed by atoms with Gasteiger partial charge in [-0.1, -0.05) is 11.6 Å². The van der Waals surface area contributed by atoms with Crippen molar-refractivity contribution in [3.05, 3.63) is 34.9 Å². The first-order valence-corrected chi connectivity index (χ1v) is 6.66. The molecular formula is C14H20ClNO3. The lowest BCUT2D eigenvalue weighted by molar-refractivity contribution is 0.0933. The molecule has 1 aromatic rings. The third-order valence-electron chi connectivity index (χ3n) is 2.85. The van der Waals surface area contributed by atoms with Crippen molar-refractivity contribution in [2.24, 2.45) is 0 Å². The highest BCUT2D eigenvalue weighted by molar-refractivity contribution is 6.30. The van der Waals surface area contributed by atoms with E-state index in [9.17, 15) is 4.79 Å². The lowest BCUT2D eigenvalue weighted by atomic mass is 10.1. The minimum atomic E-state index is 0.0806. The van der Waals surface area contributed by atoms with E-state index < -0.39 is 0 Å². The van der Waals surface area contributed by atoms with Crippen LogP contribution in [0.15, 0.2) is 24.3 Å². The van der Waals surface area contributed by atoms with Gasteiger partial charge in [0.1, 0.15) is 0 Å². The number of methoxy groups -OCH3 is 1. The SMILES string of the molecule is COCCN(CCO)CCC(=O)c1ccc(Cl)cc1. The first-order chi connectivity index (χ1) is 9.17. The molecule has 0 saturated heterocycles. The number of hydrogen-bond donors (Lipinski definition) is 1. The third-order valence-corrected chi connectivity index (χ3v) is 3.10. The normalized spacial score (nSPS) is 10.9. The molecule has 0 unspecified atom stereocenters. The van der Waals surface area contributed by atoms with Crippen molar-refractivity contribution >= 4 is 17.4 Å². The van der Waals surface area contributed by atoms with E-state index in [-0.39, 0.29) is 12.4 Å². The van der Waals surface area contributed by atoms with Crippen molar-refractivity contribution in [2.45, 2.75) is 6.42 Å². The van der Waals surface area contributed by atoms with Gasteiger partial charge in [0.15, 0.2) is 5.78 Å². The number of nitrogens with zero attached hydrogens (tertiary/aromatic N) is 1. The summed E-state index contributed by atoms with van der Waals surface area (Å²) in [7, 11) is 1.63. The molecule has 0 aliphatic heterocycles. The fourth-order valence-electron chi connectivity index (χ4n) is 1.74. The summed E-state index contributed by atoms with van der Waals surface area (Å²) in [5, 5.41) is 9.59. The number of aliphatic hydroxyl groups excluding tert-OH is 1. The van der Waals surface area contributed by atoms with Crippen LogP contribution in [0.2, 0.25) is 5.02 Å². The molecule has 0 fully saturated rings. The second-order valence-corrected chi connectivity index (χ2v) is 4.67. The molecule has 0 aromatic heterocycles. The molecule has 0 bridgehead atoms. The maximum atomic E-state index is 12.0. The molecule has 0 aliphatic rings. The highest BCUT2D eigenvalue weighted by Gasteiger charge is 2.09. The van der Waals surface area contributed by atoms with E-state index in [2.05, 4.69) is 0 Å². The Morgan fingerprint density at radius 3 is 2.53 bits per heavy atom. The molecule has 0 radical (unpaired) electrons. The summed E-state index contributed by atoms with van der Waals surface area (Å²) >= 11 is 5.78. The number of carbonyl (C=O) groups is 1. The fourth-order valence-corrected chi connectivity index (χ4v) is 1.86. The number of ether oxygens (including phenoxy) is 1. The second kappa shape index (κ2) is 9.04. The number of Topliss-reactive ketones (excluding diaryl/α,β-unsaturated/α-hetero) is 1. The highest BCUT2D eigenvalue weighted by Crippen LogP contribution is 2.11. The first-order valence-electron chi connectivity index (χ1n) is 6.28. The van der Waals surface area contributed by atoms with Crippen LogP contribution in [-0.2, 0) is 4.74 Å². The van der Waals surface area contributed by atoms with Crippen molar-refractivity contribution in [3.8, 4) is 0 Å². The van der Waals surface area contributed by atoms with Crippen molar-refractivity contribution in [2.75, 3.05) is 40.0 Å². The van der Waals surface area contributed by atoms with Crippen LogP contribution in [-0.4, -0.2) is 55.7 Å². The zero-order chi connectivity index (χ0) is 14.1. The maximum Gasteiger partial charge on any atom is 0.164 e. The Hall–Kier alpha value is -0.940. The van der Waals surface area contributed by atoms with Gasteiger partial charge in [0.25, 0.3) is 0 Å². The van der Waals surface area contributed by atoms with Crippen LogP contribution in [0.5, 0.6) is 0 Å². The Morgan fingerprint density at radius 2 is 1.95 bits per heavy atom. The maximum absolute atomic E-state index is 12.0. The summed E-state index contributed by atoms with van der Waals surface area (Å²) in [6.07, 6.45) is 0.422. The van der Waals surface area contributed by atoms with Gasteiger partial charge in [0, 0.05) is 43.8 Å². The van der Waals surface area contributed by atoms with Gasteiger partial charge in [0.05, 0.1) is 13.2 Å². The van der Waals surface area contributed by atoms with Crippen LogP contribution in [0.4, 0.5) is 0 Å². The number of ketones is 1. The summed E-state index contributed by atoms with van der Waals surface area (Å²) < 4.78 is 5.00. The molecule has 0 spiro atoms. The number of halogens is 1. The summed E-state index contributed by atoms with van der Waals surface area (Å²) in [5.74, 6) is 0.0806. The minimum Gasteiger partial charge on any atom is -0.395 e. The smallest absolute Gasteiger partial charge is 0.164 e. The molecule has 1 N–H and O–H groups in total. The van der Waals surface area contributed by atoms with E-state index in [0.717, 1.165) is 0 Å². The van der Waals surface area contributed by atoms with Gasteiger partial charge in [-0.05, 0) is 24.3 Å². The predicted octanol–water partition coefficient (Wildman–Crippen LogP) is 1.85. The second-order valence-electron chi connectivity index (χ2n) is 4.24. The molecule has 0 atom stereocenters. The van der Waals surface area contributed by atoms with Crippen LogP contribution in [0.1, 0.15) is 16.8 Å². The van der Waals surface area contributed by atoms with Gasteiger partial charge in [-0.15, -0.1) is 0 Å². The Balaban J connectivity index is 2.44. The van der Waals surface area contributed by atoms with Crippen LogP contribution in [0, 0.1) is 0 Å². The molecule has 0 amide bonds. The van der Waals surface area contributed by atoms with Crippen LogP contribution in [0.25, 0.3) is 0 Å². The standard InChI is InChI=1S/C14H20ClNO3/c1-19-11-9-16(8-10-17)7-6-14(18)12-2-4-13(15)5-3-12/h2-5,17H,6-11H2,1H3. The molecule has 106 valence electrons. The third kappa shape index (κ3) is 6.16. The van der Waals surface area contributed by atoms with Crippen molar-refractivity contribution in [1.82, 2.24) is 4.90 Å². The van der Waals surface area contributed by atoms with E-state index in [1.165, 1.54) is 0 Å². The first kappa shape index (κ1) is 16.1. The van der Waals surface area contributed by atoms with Crippen LogP contribution < -0.4 is 0 Å². The van der Waals surface area contributed by atoms with Gasteiger partial charge in [-0.2, -0.15) is 0 Å². The van der Waals surface area contributed by atoms with Crippen LogP contribution >= 0.6 is 11.6 Å². The topological polar surface area (TPSA) is 49.8 Å². The van der Waals surface area contributed by atoms with Crippen molar-refractivity contribution < 1.29 is 14.6 Å². The molecule has 1 aromatic carbocycles. The van der Waals surface area contributed by atoms with Crippen LogP contribution in [0.3, 0.4) is 0 Å². The lowest BCUT2D eigenvalue weighted by Crippen LogP contribution is -2.32. The van der Waals surface area contributed by atoms with E-state index in [4.69, 9.17) is 21.4 Å². The predicted molar refractivity (Wildman–Crippen MR) is 75.8 cm³/mol. The number of aliphatic hydroxyl groups is 1. The van der Waals surface area contributed by atoms with Gasteiger partial charge < -0.3 is 9.84 Å². The van der Waals surface area contributed by atoms with Gasteiger partial charge in [-0.25, -0.2) is 0 Å². The molecule has 0 saturated carbocycles. The summed E-state index contributed by atoms with van der Waals surface area (Å²) in [5.41, 5.74) is 0.667.